The summed E-state index contributed by atoms with van der Waals surface area (Å²) in [4.78, 5) is 15.1. The second-order valence-corrected chi connectivity index (χ2v) is 6.69. The molecule has 1 N–H and O–H groups in total. The molecule has 0 atom stereocenters. The average molecular weight is 353 g/mol. The molecule has 1 amide bonds. The second-order valence-electron chi connectivity index (χ2n) is 5.22. The van der Waals surface area contributed by atoms with Gasteiger partial charge in [0.25, 0.3) is 0 Å². The fourth-order valence-corrected chi connectivity index (χ4v) is 2.85. The predicted octanol–water partition coefficient (Wildman–Crippen LogP) is 3.07. The van der Waals surface area contributed by atoms with Crippen LogP contribution in [0.4, 0.5) is 0 Å². The zero-order valence-corrected chi connectivity index (χ0v) is 14.7. The molecule has 0 bridgehead atoms. The highest BCUT2D eigenvalue weighted by molar-refractivity contribution is 7.09. The van der Waals surface area contributed by atoms with E-state index in [-0.39, 0.29) is 5.91 Å². The summed E-state index contributed by atoms with van der Waals surface area (Å²) in [6.07, 6.45) is 0.882. The van der Waals surface area contributed by atoms with Crippen molar-refractivity contribution >= 4 is 28.8 Å². The molecular formula is C17H21ClN2O2S. The quantitative estimate of drug-likeness (QED) is 0.754. The number of nitrogens with zero attached hydrogens (tertiary/aromatic N) is 1. The molecule has 0 aliphatic heterocycles. The van der Waals surface area contributed by atoms with Crippen molar-refractivity contribution in [1.82, 2.24) is 10.2 Å². The lowest BCUT2D eigenvalue weighted by molar-refractivity contribution is -0.121. The van der Waals surface area contributed by atoms with Crippen molar-refractivity contribution in [2.45, 2.75) is 6.42 Å². The smallest absolute Gasteiger partial charge is 0.234 e. The number of carbonyl (C=O) groups excluding carboxylic acids is 1. The summed E-state index contributed by atoms with van der Waals surface area (Å²) >= 11 is 7.53. The zero-order chi connectivity index (χ0) is 16.5. The Morgan fingerprint density at radius 1 is 1.30 bits per heavy atom. The normalized spacial score (nSPS) is 10.7. The van der Waals surface area contributed by atoms with Gasteiger partial charge >= 0.3 is 0 Å². The van der Waals surface area contributed by atoms with Crippen molar-refractivity contribution < 1.29 is 9.53 Å². The number of likely N-dealkylation sites (N-methyl/N-ethyl adjacent to an activating group) is 1. The molecule has 1 aromatic carbocycles. The number of rotatable bonds is 9. The number of nitrogens with one attached hydrogen (secondary N) is 1. The Morgan fingerprint density at radius 2 is 2.09 bits per heavy atom. The van der Waals surface area contributed by atoms with Crippen molar-refractivity contribution in [3.05, 3.63) is 51.7 Å². The first-order valence-electron chi connectivity index (χ1n) is 7.49. The van der Waals surface area contributed by atoms with Gasteiger partial charge in [-0.05, 0) is 49.2 Å². The summed E-state index contributed by atoms with van der Waals surface area (Å²) < 4.78 is 5.61. The van der Waals surface area contributed by atoms with Crippen LogP contribution in [-0.4, -0.2) is 44.1 Å². The van der Waals surface area contributed by atoms with Crippen molar-refractivity contribution in [2.24, 2.45) is 0 Å². The van der Waals surface area contributed by atoms with Gasteiger partial charge in [-0.15, -0.1) is 11.3 Å². The van der Waals surface area contributed by atoms with Crippen LogP contribution in [0, 0.1) is 0 Å². The monoisotopic (exact) mass is 352 g/mol. The minimum atomic E-state index is 0.0375. The van der Waals surface area contributed by atoms with Gasteiger partial charge in [0.15, 0.2) is 0 Å². The third-order valence-corrected chi connectivity index (χ3v) is 4.43. The highest BCUT2D eigenvalue weighted by Crippen LogP contribution is 2.15. The van der Waals surface area contributed by atoms with Gasteiger partial charge < -0.3 is 10.1 Å². The number of hydrogen-bond acceptors (Lipinski definition) is 4. The van der Waals surface area contributed by atoms with E-state index >= 15 is 0 Å². The van der Waals surface area contributed by atoms with Gasteiger partial charge in [0.1, 0.15) is 12.4 Å². The summed E-state index contributed by atoms with van der Waals surface area (Å²) in [6, 6.07) is 11.4. The molecule has 0 unspecified atom stereocenters. The van der Waals surface area contributed by atoms with E-state index in [9.17, 15) is 4.79 Å². The second kappa shape index (κ2) is 9.55. The molecule has 2 aromatic rings. The first-order valence-corrected chi connectivity index (χ1v) is 8.75. The highest BCUT2D eigenvalue weighted by atomic mass is 35.5. The van der Waals surface area contributed by atoms with E-state index in [1.165, 1.54) is 4.88 Å². The first-order chi connectivity index (χ1) is 11.1. The summed E-state index contributed by atoms with van der Waals surface area (Å²) in [5.41, 5.74) is 0. The number of thiophene rings is 1. The SMILES string of the molecule is CN(CCOc1ccc(Cl)cc1)CC(=O)NCCc1cccs1. The van der Waals surface area contributed by atoms with Gasteiger partial charge in [-0.25, -0.2) is 0 Å². The van der Waals surface area contributed by atoms with Crippen LogP contribution in [0.15, 0.2) is 41.8 Å². The lowest BCUT2D eigenvalue weighted by atomic mass is 10.3. The van der Waals surface area contributed by atoms with Crippen molar-refractivity contribution in [2.75, 3.05) is 33.3 Å². The molecule has 0 saturated carbocycles. The topological polar surface area (TPSA) is 41.6 Å². The molecular weight excluding hydrogens is 332 g/mol. The van der Waals surface area contributed by atoms with Gasteiger partial charge in [0.2, 0.25) is 5.91 Å². The molecule has 0 aliphatic rings. The Balaban J connectivity index is 1.57. The van der Waals surface area contributed by atoms with Crippen molar-refractivity contribution in [3.8, 4) is 5.75 Å². The predicted molar refractivity (Wildman–Crippen MR) is 95.5 cm³/mol. The molecule has 0 radical (unpaired) electrons. The van der Waals surface area contributed by atoms with Crippen LogP contribution in [0.25, 0.3) is 0 Å². The lowest BCUT2D eigenvalue weighted by Crippen LogP contribution is -2.37. The maximum Gasteiger partial charge on any atom is 0.234 e. The van der Waals surface area contributed by atoms with E-state index in [1.807, 2.05) is 35.5 Å². The summed E-state index contributed by atoms with van der Waals surface area (Å²) in [5.74, 6) is 0.818. The molecule has 6 heteroatoms. The van der Waals surface area contributed by atoms with E-state index in [4.69, 9.17) is 16.3 Å². The van der Waals surface area contributed by atoms with E-state index in [2.05, 4.69) is 11.4 Å². The molecule has 1 heterocycles. The fourth-order valence-electron chi connectivity index (χ4n) is 2.01. The summed E-state index contributed by atoms with van der Waals surface area (Å²) in [7, 11) is 1.91. The lowest BCUT2D eigenvalue weighted by Gasteiger charge is -2.16. The Labute approximate surface area is 146 Å². The number of amides is 1. The van der Waals surface area contributed by atoms with E-state index in [1.54, 1.807) is 23.5 Å². The molecule has 23 heavy (non-hydrogen) atoms. The molecule has 2 rings (SSSR count). The van der Waals surface area contributed by atoms with Crippen LogP contribution in [0.3, 0.4) is 0 Å². The van der Waals surface area contributed by atoms with Gasteiger partial charge in [0.05, 0.1) is 6.54 Å². The zero-order valence-electron chi connectivity index (χ0n) is 13.1. The molecule has 0 saturated heterocycles. The minimum absolute atomic E-state index is 0.0375. The number of hydrogen-bond donors (Lipinski definition) is 1. The number of carbonyl (C=O) groups is 1. The minimum Gasteiger partial charge on any atom is -0.492 e. The number of halogens is 1. The Hall–Kier alpha value is -1.56. The van der Waals surface area contributed by atoms with E-state index in [0.29, 0.717) is 31.3 Å². The van der Waals surface area contributed by atoms with Crippen molar-refractivity contribution in [3.63, 3.8) is 0 Å². The van der Waals surface area contributed by atoms with E-state index < -0.39 is 0 Å². The van der Waals surface area contributed by atoms with Gasteiger partial charge in [-0.3, -0.25) is 9.69 Å². The Bertz CT molecular complexity index is 587. The standard InChI is InChI=1S/C17H21ClN2O2S/c1-20(10-11-22-15-6-4-14(18)5-7-15)13-17(21)19-9-8-16-3-2-12-23-16/h2-7,12H,8-11,13H2,1H3,(H,19,21). The summed E-state index contributed by atoms with van der Waals surface area (Å²) in [5, 5.41) is 5.67. The largest absolute Gasteiger partial charge is 0.492 e. The van der Waals surface area contributed by atoms with Gasteiger partial charge in [-0.2, -0.15) is 0 Å². The maximum atomic E-state index is 11.8. The molecule has 4 nitrogen and oxygen atoms in total. The van der Waals surface area contributed by atoms with Crippen LogP contribution in [-0.2, 0) is 11.2 Å². The Kier molecular flexibility index (Phi) is 7.39. The number of ether oxygens (including phenoxy) is 1. The van der Waals surface area contributed by atoms with Crippen molar-refractivity contribution in [1.29, 1.82) is 0 Å². The molecule has 0 aliphatic carbocycles. The van der Waals surface area contributed by atoms with Gasteiger partial charge in [0, 0.05) is 23.0 Å². The third-order valence-electron chi connectivity index (χ3n) is 3.24. The van der Waals surface area contributed by atoms with Crippen LogP contribution in [0.2, 0.25) is 5.02 Å². The van der Waals surface area contributed by atoms with Crippen LogP contribution in [0.5, 0.6) is 5.75 Å². The number of benzene rings is 1. The molecule has 1 aromatic heterocycles. The molecule has 0 spiro atoms. The maximum absolute atomic E-state index is 11.8. The van der Waals surface area contributed by atoms with Crippen LogP contribution >= 0.6 is 22.9 Å². The van der Waals surface area contributed by atoms with Crippen LogP contribution < -0.4 is 10.1 Å². The van der Waals surface area contributed by atoms with Gasteiger partial charge in [-0.1, -0.05) is 17.7 Å². The van der Waals surface area contributed by atoms with E-state index in [0.717, 1.165) is 12.2 Å². The van der Waals surface area contributed by atoms with Crippen LogP contribution in [0.1, 0.15) is 4.88 Å². The fraction of sp³-hybridized carbons (Fsp3) is 0.353. The third kappa shape index (κ3) is 7.03. The average Bonchev–Trinajstić information content (AvgIpc) is 3.02. The molecule has 124 valence electrons. The first kappa shape index (κ1) is 17.8. The summed E-state index contributed by atoms with van der Waals surface area (Å²) in [6.45, 7) is 2.25. The highest BCUT2D eigenvalue weighted by Gasteiger charge is 2.06. The Morgan fingerprint density at radius 3 is 2.78 bits per heavy atom. The molecule has 0 fully saturated rings.